The van der Waals surface area contributed by atoms with Gasteiger partial charge in [-0.05, 0) is 49.7 Å². The number of para-hydroxylation sites is 1. The van der Waals surface area contributed by atoms with Crippen molar-refractivity contribution < 1.29 is 8.42 Å². The minimum absolute atomic E-state index is 0. The molecule has 0 unspecified atom stereocenters. The second-order valence-corrected chi connectivity index (χ2v) is 7.94. The number of aliphatic imine (C=N–C) groups is 1. The van der Waals surface area contributed by atoms with E-state index in [0.717, 1.165) is 31.0 Å². The van der Waals surface area contributed by atoms with Crippen molar-refractivity contribution in [2.75, 3.05) is 25.0 Å². The quantitative estimate of drug-likeness (QED) is 0.376. The fraction of sp³-hybridized carbons (Fsp3) is 0.316. The molecule has 2 N–H and O–H groups in total. The van der Waals surface area contributed by atoms with Gasteiger partial charge in [0.05, 0.1) is 11.4 Å². The first-order valence-electron chi connectivity index (χ1n) is 8.71. The topological polar surface area (TPSA) is 73.8 Å². The van der Waals surface area contributed by atoms with Gasteiger partial charge in [-0.15, -0.1) is 24.0 Å². The maximum Gasteiger partial charge on any atom is 0.240 e. The minimum atomic E-state index is -3.41. The van der Waals surface area contributed by atoms with Gasteiger partial charge in [-0.25, -0.2) is 18.1 Å². The van der Waals surface area contributed by atoms with Gasteiger partial charge in [-0.3, -0.25) is 0 Å². The highest BCUT2D eigenvalue weighted by Crippen LogP contribution is 2.27. The molecule has 0 radical (unpaired) electrons. The standard InChI is InChI=1S/C19H24N4O2S.HI/c1-3-21-19(23-13-12-16-6-4-5-7-18(16)23)22-14-15-8-10-17(11-9-15)26(24,25)20-2;/h4-11,20H,3,12-14H2,1-2H3,(H,21,22);1H. The van der Waals surface area contributed by atoms with E-state index in [9.17, 15) is 8.42 Å². The van der Waals surface area contributed by atoms with Crippen LogP contribution in [0.15, 0.2) is 58.4 Å². The Labute approximate surface area is 178 Å². The number of benzene rings is 2. The normalized spacial score (nSPS) is 13.9. The molecular formula is C19H25IN4O2S. The Kier molecular flexibility index (Phi) is 7.63. The maximum atomic E-state index is 11.8. The summed E-state index contributed by atoms with van der Waals surface area (Å²) in [5.74, 6) is 0.851. The summed E-state index contributed by atoms with van der Waals surface area (Å²) in [7, 11) is -2.00. The zero-order chi connectivity index (χ0) is 18.6. The van der Waals surface area contributed by atoms with Crippen molar-refractivity contribution in [3.63, 3.8) is 0 Å². The van der Waals surface area contributed by atoms with Crippen LogP contribution in [0.25, 0.3) is 0 Å². The van der Waals surface area contributed by atoms with E-state index in [1.54, 1.807) is 24.3 Å². The minimum Gasteiger partial charge on any atom is -0.356 e. The number of fused-ring (bicyclic) bond motifs is 1. The molecule has 0 saturated carbocycles. The molecule has 0 aromatic heterocycles. The summed E-state index contributed by atoms with van der Waals surface area (Å²) in [6, 6.07) is 15.2. The van der Waals surface area contributed by atoms with E-state index in [4.69, 9.17) is 4.99 Å². The van der Waals surface area contributed by atoms with E-state index in [-0.39, 0.29) is 28.9 Å². The summed E-state index contributed by atoms with van der Waals surface area (Å²) in [6.07, 6.45) is 1.01. The van der Waals surface area contributed by atoms with Gasteiger partial charge >= 0.3 is 0 Å². The van der Waals surface area contributed by atoms with Gasteiger partial charge in [0.15, 0.2) is 5.96 Å². The van der Waals surface area contributed by atoms with Crippen LogP contribution < -0.4 is 14.9 Å². The monoisotopic (exact) mass is 500 g/mol. The highest BCUT2D eigenvalue weighted by Gasteiger charge is 2.22. The Morgan fingerprint density at radius 2 is 1.85 bits per heavy atom. The van der Waals surface area contributed by atoms with Crippen molar-refractivity contribution in [3.05, 3.63) is 59.7 Å². The van der Waals surface area contributed by atoms with Crippen molar-refractivity contribution in [1.82, 2.24) is 10.0 Å². The predicted octanol–water partition coefficient (Wildman–Crippen LogP) is 2.74. The lowest BCUT2D eigenvalue weighted by Gasteiger charge is -2.22. The summed E-state index contributed by atoms with van der Waals surface area (Å²) in [5, 5.41) is 3.35. The van der Waals surface area contributed by atoms with Crippen molar-refractivity contribution in [1.29, 1.82) is 0 Å². The zero-order valence-electron chi connectivity index (χ0n) is 15.5. The number of guanidine groups is 1. The molecule has 0 spiro atoms. The summed E-state index contributed by atoms with van der Waals surface area (Å²) >= 11 is 0. The lowest BCUT2D eigenvalue weighted by Crippen LogP contribution is -2.40. The highest BCUT2D eigenvalue weighted by molar-refractivity contribution is 14.0. The first-order valence-corrected chi connectivity index (χ1v) is 10.2. The molecule has 0 atom stereocenters. The number of anilines is 1. The second-order valence-electron chi connectivity index (χ2n) is 6.05. The molecule has 1 heterocycles. The number of sulfonamides is 1. The van der Waals surface area contributed by atoms with E-state index in [2.05, 4.69) is 40.1 Å². The van der Waals surface area contributed by atoms with Gasteiger partial charge in [-0.1, -0.05) is 30.3 Å². The van der Waals surface area contributed by atoms with Gasteiger partial charge in [0, 0.05) is 18.8 Å². The van der Waals surface area contributed by atoms with Crippen LogP contribution in [0.1, 0.15) is 18.1 Å². The lowest BCUT2D eigenvalue weighted by molar-refractivity contribution is 0.588. The molecule has 2 aromatic rings. The van der Waals surface area contributed by atoms with Crippen molar-refractivity contribution >= 4 is 45.6 Å². The zero-order valence-corrected chi connectivity index (χ0v) is 18.6. The summed E-state index contributed by atoms with van der Waals surface area (Å²) < 4.78 is 25.9. The molecule has 1 aliphatic rings. The molecule has 0 fully saturated rings. The van der Waals surface area contributed by atoms with Gasteiger partial charge in [0.25, 0.3) is 0 Å². The van der Waals surface area contributed by atoms with Crippen LogP contribution in [-0.4, -0.2) is 34.5 Å². The Hall–Kier alpha value is -1.65. The van der Waals surface area contributed by atoms with E-state index in [1.807, 2.05) is 6.07 Å². The molecular weight excluding hydrogens is 475 g/mol. The van der Waals surface area contributed by atoms with Crippen LogP contribution in [0.3, 0.4) is 0 Å². The van der Waals surface area contributed by atoms with Crippen LogP contribution in [0.2, 0.25) is 0 Å². The van der Waals surface area contributed by atoms with Gasteiger partial charge in [0.1, 0.15) is 0 Å². The van der Waals surface area contributed by atoms with E-state index < -0.39 is 10.0 Å². The maximum absolute atomic E-state index is 11.8. The molecule has 0 aliphatic carbocycles. The van der Waals surface area contributed by atoms with Crippen LogP contribution in [0.5, 0.6) is 0 Å². The Morgan fingerprint density at radius 3 is 2.52 bits per heavy atom. The average Bonchev–Trinajstić information content (AvgIpc) is 3.09. The lowest BCUT2D eigenvalue weighted by atomic mass is 10.2. The molecule has 8 heteroatoms. The molecule has 0 amide bonds. The summed E-state index contributed by atoms with van der Waals surface area (Å²) in [5.41, 5.74) is 3.49. The fourth-order valence-electron chi connectivity index (χ4n) is 3.01. The van der Waals surface area contributed by atoms with Crippen LogP contribution >= 0.6 is 24.0 Å². The summed E-state index contributed by atoms with van der Waals surface area (Å²) in [6.45, 7) is 4.23. The first-order chi connectivity index (χ1) is 12.5. The third-order valence-electron chi connectivity index (χ3n) is 4.39. The Morgan fingerprint density at radius 1 is 1.15 bits per heavy atom. The number of hydrogen-bond acceptors (Lipinski definition) is 3. The van der Waals surface area contributed by atoms with Crippen LogP contribution in [-0.2, 0) is 23.0 Å². The van der Waals surface area contributed by atoms with Crippen LogP contribution in [0, 0.1) is 0 Å². The third kappa shape index (κ3) is 4.99. The number of nitrogens with one attached hydrogen (secondary N) is 2. The number of rotatable bonds is 5. The molecule has 3 rings (SSSR count). The molecule has 1 aliphatic heterocycles. The second kappa shape index (κ2) is 9.52. The molecule has 146 valence electrons. The SMILES string of the molecule is CCNC(=NCc1ccc(S(=O)(=O)NC)cc1)N1CCc2ccccc21.I. The van der Waals surface area contributed by atoms with Crippen molar-refractivity contribution in [3.8, 4) is 0 Å². The van der Waals surface area contributed by atoms with Crippen LogP contribution in [0.4, 0.5) is 5.69 Å². The molecule has 27 heavy (non-hydrogen) atoms. The fourth-order valence-corrected chi connectivity index (χ4v) is 3.74. The largest absolute Gasteiger partial charge is 0.356 e. The number of hydrogen-bond donors (Lipinski definition) is 2. The third-order valence-corrected chi connectivity index (χ3v) is 5.82. The first kappa shape index (κ1) is 21.6. The van der Waals surface area contributed by atoms with E-state index in [0.29, 0.717) is 6.54 Å². The Balaban J connectivity index is 0.00000261. The molecule has 2 aromatic carbocycles. The van der Waals surface area contributed by atoms with Gasteiger partial charge in [-0.2, -0.15) is 0 Å². The summed E-state index contributed by atoms with van der Waals surface area (Å²) in [4.78, 5) is 7.21. The van der Waals surface area contributed by atoms with Crippen molar-refractivity contribution in [2.45, 2.75) is 24.8 Å². The highest BCUT2D eigenvalue weighted by atomic mass is 127. The number of halogens is 1. The molecule has 0 bridgehead atoms. The predicted molar refractivity (Wildman–Crippen MR) is 120 cm³/mol. The smallest absolute Gasteiger partial charge is 0.240 e. The van der Waals surface area contributed by atoms with Crippen molar-refractivity contribution in [2.24, 2.45) is 4.99 Å². The number of nitrogens with zero attached hydrogens (tertiary/aromatic N) is 2. The Bertz CT molecular complexity index is 898. The molecule has 0 saturated heterocycles. The molecule has 6 nitrogen and oxygen atoms in total. The average molecular weight is 500 g/mol. The van der Waals surface area contributed by atoms with Gasteiger partial charge < -0.3 is 10.2 Å². The van der Waals surface area contributed by atoms with E-state index >= 15 is 0 Å². The van der Waals surface area contributed by atoms with Gasteiger partial charge in [0.2, 0.25) is 10.0 Å². The van der Waals surface area contributed by atoms with E-state index in [1.165, 1.54) is 18.3 Å².